The van der Waals surface area contributed by atoms with Gasteiger partial charge in [0.1, 0.15) is 5.76 Å². The van der Waals surface area contributed by atoms with E-state index in [-0.39, 0.29) is 0 Å². The molecule has 0 saturated heterocycles. The molecule has 0 bridgehead atoms. The van der Waals surface area contributed by atoms with Gasteiger partial charge in [-0.3, -0.25) is 0 Å². The molecule has 1 N–H and O–H groups in total. The topological polar surface area (TPSA) is 25.2 Å². The van der Waals surface area contributed by atoms with E-state index in [1.165, 1.54) is 43.4 Å². The first-order chi connectivity index (χ1) is 8.81. The molecule has 1 aliphatic carbocycles. The lowest BCUT2D eigenvalue weighted by Gasteiger charge is -2.25. The fourth-order valence-electron chi connectivity index (χ4n) is 2.64. The summed E-state index contributed by atoms with van der Waals surface area (Å²) in [5.74, 6) is 1.07. The number of aryl methyl sites for hydroxylation is 1. The maximum Gasteiger partial charge on any atom is 0.114 e. The highest BCUT2D eigenvalue weighted by atomic mass is 32.2. The highest BCUT2D eigenvalue weighted by Gasteiger charge is 2.24. The molecule has 2 rings (SSSR count). The van der Waals surface area contributed by atoms with Crippen LogP contribution in [0, 0.1) is 6.92 Å². The lowest BCUT2D eigenvalue weighted by Crippen LogP contribution is -2.37. The Morgan fingerprint density at radius 2 is 2.17 bits per heavy atom. The minimum atomic E-state index is 0.673. The van der Waals surface area contributed by atoms with Crippen LogP contribution in [-0.2, 0) is 0 Å². The number of furan rings is 1. The van der Waals surface area contributed by atoms with E-state index in [4.69, 9.17) is 4.42 Å². The first-order valence-corrected chi connectivity index (χ1v) is 8.13. The van der Waals surface area contributed by atoms with Gasteiger partial charge in [-0.15, -0.1) is 11.8 Å². The van der Waals surface area contributed by atoms with E-state index in [1.807, 2.05) is 18.0 Å². The molecule has 1 saturated carbocycles. The maximum absolute atomic E-state index is 5.41. The van der Waals surface area contributed by atoms with Gasteiger partial charge in [-0.2, -0.15) is 0 Å². The summed E-state index contributed by atoms with van der Waals surface area (Å²) in [6, 6.07) is 2.79. The Labute approximate surface area is 115 Å². The van der Waals surface area contributed by atoms with E-state index in [0.29, 0.717) is 11.3 Å². The second-order valence-electron chi connectivity index (χ2n) is 5.20. The third kappa shape index (κ3) is 3.79. The molecule has 2 nitrogen and oxygen atoms in total. The van der Waals surface area contributed by atoms with Crippen LogP contribution in [-0.4, -0.2) is 17.8 Å². The zero-order chi connectivity index (χ0) is 12.8. The van der Waals surface area contributed by atoms with E-state index >= 15 is 0 Å². The summed E-state index contributed by atoms with van der Waals surface area (Å²) in [6.45, 7) is 5.45. The number of rotatable bonds is 5. The molecule has 0 amide bonds. The van der Waals surface area contributed by atoms with Crippen LogP contribution in [0.25, 0.3) is 0 Å². The van der Waals surface area contributed by atoms with E-state index in [2.05, 4.69) is 25.2 Å². The minimum Gasteiger partial charge on any atom is -0.468 e. The predicted octanol–water partition coefficient (Wildman–Crippen LogP) is 4.38. The SMILES string of the molecule is CCCNC1CCCCCC1Sc1ccoc1C. The van der Waals surface area contributed by atoms with Crippen molar-refractivity contribution in [3.8, 4) is 0 Å². The van der Waals surface area contributed by atoms with E-state index in [1.54, 1.807) is 0 Å². The Morgan fingerprint density at radius 1 is 1.33 bits per heavy atom. The monoisotopic (exact) mass is 267 g/mol. The van der Waals surface area contributed by atoms with Gasteiger partial charge in [0.05, 0.1) is 6.26 Å². The standard InChI is InChI=1S/C15H25NOS/c1-3-10-16-13-7-5-4-6-8-15(13)18-14-9-11-17-12(14)2/h9,11,13,15-16H,3-8,10H2,1-2H3. The zero-order valence-corrected chi connectivity index (χ0v) is 12.4. The maximum atomic E-state index is 5.41. The molecule has 0 aromatic carbocycles. The summed E-state index contributed by atoms with van der Waals surface area (Å²) >= 11 is 2.01. The van der Waals surface area contributed by atoms with Gasteiger partial charge in [-0.05, 0) is 38.8 Å². The summed E-state index contributed by atoms with van der Waals surface area (Å²) in [5, 5.41) is 4.45. The van der Waals surface area contributed by atoms with Crippen LogP contribution < -0.4 is 5.32 Å². The van der Waals surface area contributed by atoms with Gasteiger partial charge in [0, 0.05) is 16.2 Å². The Morgan fingerprint density at radius 3 is 2.89 bits per heavy atom. The first-order valence-electron chi connectivity index (χ1n) is 7.25. The average molecular weight is 267 g/mol. The van der Waals surface area contributed by atoms with E-state index < -0.39 is 0 Å². The largest absolute Gasteiger partial charge is 0.468 e. The zero-order valence-electron chi connectivity index (χ0n) is 11.6. The van der Waals surface area contributed by atoms with Crippen LogP contribution in [0.4, 0.5) is 0 Å². The molecule has 2 atom stereocenters. The van der Waals surface area contributed by atoms with E-state index in [0.717, 1.165) is 12.3 Å². The molecule has 1 aromatic heterocycles. The van der Waals surface area contributed by atoms with Gasteiger partial charge in [-0.1, -0.05) is 26.2 Å². The van der Waals surface area contributed by atoms with Crippen LogP contribution in [0.5, 0.6) is 0 Å². The molecule has 18 heavy (non-hydrogen) atoms. The minimum absolute atomic E-state index is 0.673. The molecule has 102 valence electrons. The quantitative estimate of drug-likeness (QED) is 0.801. The highest BCUT2D eigenvalue weighted by Crippen LogP contribution is 2.35. The highest BCUT2D eigenvalue weighted by molar-refractivity contribution is 8.00. The first kappa shape index (κ1) is 14.0. The Hall–Kier alpha value is -0.410. The predicted molar refractivity (Wildman–Crippen MR) is 78.3 cm³/mol. The lowest BCUT2D eigenvalue weighted by molar-refractivity contribution is 0.469. The second kappa shape index (κ2) is 7.25. The number of nitrogens with one attached hydrogen (secondary N) is 1. The Bertz CT molecular complexity index is 350. The van der Waals surface area contributed by atoms with Gasteiger partial charge in [-0.25, -0.2) is 0 Å². The van der Waals surface area contributed by atoms with Gasteiger partial charge >= 0.3 is 0 Å². The molecular weight excluding hydrogens is 242 g/mol. The van der Waals surface area contributed by atoms with Crippen molar-refractivity contribution >= 4 is 11.8 Å². The molecule has 0 spiro atoms. The summed E-state index contributed by atoms with van der Waals surface area (Å²) < 4.78 is 5.41. The second-order valence-corrected chi connectivity index (χ2v) is 6.48. The fraction of sp³-hybridized carbons (Fsp3) is 0.733. The molecule has 2 unspecified atom stereocenters. The molecule has 1 aromatic rings. The third-order valence-electron chi connectivity index (χ3n) is 3.70. The van der Waals surface area contributed by atoms with Crippen LogP contribution in [0.2, 0.25) is 0 Å². The summed E-state index contributed by atoms with van der Waals surface area (Å²) in [7, 11) is 0. The van der Waals surface area contributed by atoms with Crippen molar-refractivity contribution in [2.24, 2.45) is 0 Å². The van der Waals surface area contributed by atoms with Gasteiger partial charge in [0.15, 0.2) is 0 Å². The summed E-state index contributed by atoms with van der Waals surface area (Å²) in [4.78, 5) is 1.32. The third-order valence-corrected chi connectivity index (χ3v) is 5.24. The van der Waals surface area contributed by atoms with Gasteiger partial charge in [0.25, 0.3) is 0 Å². The molecule has 3 heteroatoms. The van der Waals surface area contributed by atoms with Crippen molar-refractivity contribution in [2.45, 2.75) is 68.6 Å². The fourth-order valence-corrected chi connectivity index (χ4v) is 3.99. The van der Waals surface area contributed by atoms with Crippen molar-refractivity contribution in [3.63, 3.8) is 0 Å². The van der Waals surface area contributed by atoms with Crippen LogP contribution in [0.1, 0.15) is 51.2 Å². The molecule has 0 radical (unpaired) electrons. The smallest absolute Gasteiger partial charge is 0.114 e. The Kier molecular flexibility index (Phi) is 5.64. The number of thioether (sulfide) groups is 1. The lowest BCUT2D eigenvalue weighted by atomic mass is 10.1. The molecule has 0 aliphatic heterocycles. The molecular formula is C15H25NOS. The number of hydrogen-bond acceptors (Lipinski definition) is 3. The van der Waals surface area contributed by atoms with Crippen LogP contribution >= 0.6 is 11.8 Å². The van der Waals surface area contributed by atoms with Crippen molar-refractivity contribution in [1.82, 2.24) is 5.32 Å². The van der Waals surface area contributed by atoms with Crippen molar-refractivity contribution in [2.75, 3.05) is 6.54 Å². The van der Waals surface area contributed by atoms with Crippen molar-refractivity contribution < 1.29 is 4.42 Å². The van der Waals surface area contributed by atoms with Crippen molar-refractivity contribution in [3.05, 3.63) is 18.1 Å². The average Bonchev–Trinajstić information content (AvgIpc) is 2.64. The van der Waals surface area contributed by atoms with E-state index in [9.17, 15) is 0 Å². The molecule has 1 aliphatic rings. The van der Waals surface area contributed by atoms with Gasteiger partial charge < -0.3 is 9.73 Å². The normalized spacial score (nSPS) is 25.0. The van der Waals surface area contributed by atoms with Crippen molar-refractivity contribution in [1.29, 1.82) is 0 Å². The van der Waals surface area contributed by atoms with Crippen LogP contribution in [0.3, 0.4) is 0 Å². The summed E-state index contributed by atoms with van der Waals surface area (Å²) in [6.07, 6.45) is 9.83. The van der Waals surface area contributed by atoms with Gasteiger partial charge in [0.2, 0.25) is 0 Å². The summed E-state index contributed by atoms with van der Waals surface area (Å²) in [5.41, 5.74) is 0. The Balaban J connectivity index is 1.98. The number of hydrogen-bond donors (Lipinski definition) is 1. The molecule has 1 fully saturated rings. The molecule has 1 heterocycles. The van der Waals surface area contributed by atoms with Crippen LogP contribution in [0.15, 0.2) is 21.6 Å².